The molecule has 0 unspecified atom stereocenters. The summed E-state index contributed by atoms with van der Waals surface area (Å²) in [5, 5.41) is 11.1. The van der Waals surface area contributed by atoms with Crippen LogP contribution in [0.5, 0.6) is 0 Å². The third-order valence-electron chi connectivity index (χ3n) is 2.53. The number of aromatic amines is 1. The van der Waals surface area contributed by atoms with Crippen molar-refractivity contribution < 1.29 is 9.90 Å². The molecule has 0 bridgehead atoms. The molecule has 0 spiro atoms. The van der Waals surface area contributed by atoms with E-state index in [0.717, 1.165) is 0 Å². The first-order valence-electron chi connectivity index (χ1n) is 4.81. The van der Waals surface area contributed by atoms with Crippen LogP contribution in [0, 0.1) is 6.92 Å². The van der Waals surface area contributed by atoms with Crippen LogP contribution in [0.4, 0.5) is 0 Å². The zero-order valence-corrected chi connectivity index (χ0v) is 9.22. The first-order chi connectivity index (χ1) is 7.91. The highest BCUT2D eigenvalue weighted by molar-refractivity contribution is 5.70. The number of rotatable bonds is 2. The van der Waals surface area contributed by atoms with Gasteiger partial charge in [-0.05, 0) is 6.92 Å². The van der Waals surface area contributed by atoms with Crippen LogP contribution in [-0.2, 0) is 18.3 Å². The Bertz CT molecular complexity index is 721. The third-order valence-corrected chi connectivity index (χ3v) is 2.53. The summed E-state index contributed by atoms with van der Waals surface area (Å²) in [5.74, 6) is -0.981. The van der Waals surface area contributed by atoms with Crippen molar-refractivity contribution in [2.75, 3.05) is 0 Å². The fraction of sp³-hybridized carbons (Fsp3) is 0.333. The number of carbonyl (C=O) groups is 1. The van der Waals surface area contributed by atoms with Gasteiger partial charge in [0.05, 0.1) is 12.0 Å². The largest absolute Gasteiger partial charge is 0.481 e. The fourth-order valence-corrected chi connectivity index (χ4v) is 1.71. The number of hydrogen-bond donors (Lipinski definition) is 2. The molecule has 17 heavy (non-hydrogen) atoms. The van der Waals surface area contributed by atoms with Gasteiger partial charge < -0.3 is 5.11 Å². The lowest BCUT2D eigenvalue weighted by Crippen LogP contribution is -2.24. The van der Waals surface area contributed by atoms with E-state index in [9.17, 15) is 14.4 Å². The number of aromatic nitrogens is 4. The second kappa shape index (κ2) is 3.58. The molecule has 2 N–H and O–H groups in total. The van der Waals surface area contributed by atoms with E-state index in [1.165, 1.54) is 16.0 Å². The average Bonchev–Trinajstić information content (AvgIpc) is 2.48. The second-order valence-corrected chi connectivity index (χ2v) is 3.66. The summed E-state index contributed by atoms with van der Waals surface area (Å²) >= 11 is 0. The summed E-state index contributed by atoms with van der Waals surface area (Å²) in [6.07, 6.45) is -0.449. The number of nitrogens with one attached hydrogen (secondary N) is 1. The maximum absolute atomic E-state index is 11.6. The molecular formula is C9H10N4O4. The fourth-order valence-electron chi connectivity index (χ4n) is 1.71. The van der Waals surface area contributed by atoms with Crippen molar-refractivity contribution in [3.63, 3.8) is 0 Å². The highest BCUT2D eigenvalue weighted by Crippen LogP contribution is 2.03. The van der Waals surface area contributed by atoms with E-state index in [-0.39, 0.29) is 11.3 Å². The Morgan fingerprint density at radius 1 is 1.47 bits per heavy atom. The lowest BCUT2D eigenvalue weighted by Gasteiger charge is -2.03. The second-order valence-electron chi connectivity index (χ2n) is 3.66. The number of H-pyrrole nitrogens is 1. The molecule has 0 amide bonds. The van der Waals surface area contributed by atoms with Crippen LogP contribution in [-0.4, -0.2) is 30.2 Å². The molecule has 0 aliphatic heterocycles. The minimum atomic E-state index is -1.14. The van der Waals surface area contributed by atoms with Crippen molar-refractivity contribution in [1.82, 2.24) is 19.2 Å². The number of hydrogen-bond acceptors (Lipinski definition) is 4. The Labute approximate surface area is 94.1 Å². The predicted octanol–water partition coefficient (Wildman–Crippen LogP) is -1.34. The molecule has 2 rings (SSSR count). The Kier molecular flexibility index (Phi) is 2.34. The standard InChI is InChI=1S/C9H10N4O4/c1-4-5(3-6(14)15)7(16)10-8-12(2)11-9(17)13(4)8/h3H2,1-2H3,(H,11,17)(H,14,15). The number of carboxylic acids is 1. The zero-order valence-electron chi connectivity index (χ0n) is 9.22. The summed E-state index contributed by atoms with van der Waals surface area (Å²) in [7, 11) is 1.54. The van der Waals surface area contributed by atoms with Gasteiger partial charge in [-0.3, -0.25) is 14.3 Å². The molecule has 0 atom stereocenters. The van der Waals surface area contributed by atoms with Crippen molar-refractivity contribution in [3.05, 3.63) is 32.1 Å². The van der Waals surface area contributed by atoms with E-state index >= 15 is 0 Å². The Hall–Kier alpha value is -2.38. The molecule has 8 nitrogen and oxygen atoms in total. The summed E-state index contributed by atoms with van der Waals surface area (Å²) < 4.78 is 2.49. The Morgan fingerprint density at radius 2 is 2.12 bits per heavy atom. The van der Waals surface area contributed by atoms with E-state index in [2.05, 4.69) is 10.1 Å². The molecule has 0 aromatic carbocycles. The van der Waals surface area contributed by atoms with Gasteiger partial charge in [-0.2, -0.15) is 4.98 Å². The molecule has 2 aromatic heterocycles. The van der Waals surface area contributed by atoms with Crippen LogP contribution in [0.1, 0.15) is 11.3 Å². The van der Waals surface area contributed by atoms with Crippen LogP contribution in [0.2, 0.25) is 0 Å². The minimum absolute atomic E-state index is 0.0201. The number of nitrogens with zero attached hydrogens (tertiary/aromatic N) is 3. The van der Waals surface area contributed by atoms with Gasteiger partial charge in [0.25, 0.3) is 5.56 Å². The molecule has 0 radical (unpaired) electrons. The van der Waals surface area contributed by atoms with E-state index in [0.29, 0.717) is 5.69 Å². The predicted molar refractivity (Wildman–Crippen MR) is 57.1 cm³/mol. The van der Waals surface area contributed by atoms with Gasteiger partial charge in [0.15, 0.2) is 0 Å². The first kappa shape index (κ1) is 11.1. The number of aliphatic carboxylic acids is 1. The molecule has 0 aliphatic carbocycles. The van der Waals surface area contributed by atoms with Crippen LogP contribution in [0.3, 0.4) is 0 Å². The van der Waals surface area contributed by atoms with E-state index in [1.807, 2.05) is 0 Å². The highest BCUT2D eigenvalue weighted by atomic mass is 16.4. The van der Waals surface area contributed by atoms with Crippen molar-refractivity contribution in [2.45, 2.75) is 13.3 Å². The average molecular weight is 238 g/mol. The lowest BCUT2D eigenvalue weighted by atomic mass is 10.2. The normalized spacial score (nSPS) is 10.9. The molecule has 8 heteroatoms. The molecule has 0 saturated carbocycles. The quantitative estimate of drug-likeness (QED) is 0.672. The minimum Gasteiger partial charge on any atom is -0.481 e. The molecule has 2 aromatic rings. The van der Waals surface area contributed by atoms with E-state index in [1.54, 1.807) is 7.05 Å². The van der Waals surface area contributed by atoms with Gasteiger partial charge in [0, 0.05) is 12.7 Å². The van der Waals surface area contributed by atoms with Crippen LogP contribution in [0.15, 0.2) is 9.59 Å². The first-order valence-corrected chi connectivity index (χ1v) is 4.81. The lowest BCUT2D eigenvalue weighted by molar-refractivity contribution is -0.136. The molecule has 0 aliphatic rings. The molecular weight excluding hydrogens is 228 g/mol. The van der Waals surface area contributed by atoms with Crippen molar-refractivity contribution in [2.24, 2.45) is 7.05 Å². The highest BCUT2D eigenvalue weighted by Gasteiger charge is 2.16. The summed E-state index contributed by atoms with van der Waals surface area (Å²) in [6.45, 7) is 1.52. The van der Waals surface area contributed by atoms with Crippen molar-refractivity contribution >= 4 is 11.7 Å². The van der Waals surface area contributed by atoms with Gasteiger partial charge in [-0.25, -0.2) is 14.3 Å². The third kappa shape index (κ3) is 1.63. The van der Waals surface area contributed by atoms with E-state index in [4.69, 9.17) is 5.11 Å². The number of fused-ring (bicyclic) bond motifs is 1. The maximum atomic E-state index is 11.6. The number of aryl methyl sites for hydroxylation is 2. The van der Waals surface area contributed by atoms with Crippen molar-refractivity contribution in [1.29, 1.82) is 0 Å². The van der Waals surface area contributed by atoms with Gasteiger partial charge in [-0.15, -0.1) is 0 Å². The smallest absolute Gasteiger partial charge is 0.347 e. The Balaban J connectivity index is 2.89. The SMILES string of the molecule is Cc1c(CC(=O)O)c(=O)nc2n(C)[nH]c(=O)n12. The van der Waals surface area contributed by atoms with Gasteiger partial charge in [-0.1, -0.05) is 0 Å². The molecule has 0 fully saturated rings. The van der Waals surface area contributed by atoms with Crippen molar-refractivity contribution in [3.8, 4) is 0 Å². The van der Waals surface area contributed by atoms with E-state index < -0.39 is 23.6 Å². The van der Waals surface area contributed by atoms with Gasteiger partial charge in [0.2, 0.25) is 5.78 Å². The summed E-state index contributed by atoms with van der Waals surface area (Å²) in [5.41, 5.74) is -0.769. The van der Waals surface area contributed by atoms with Crippen LogP contribution in [0.25, 0.3) is 5.78 Å². The Morgan fingerprint density at radius 3 is 2.71 bits per heavy atom. The van der Waals surface area contributed by atoms with Crippen LogP contribution < -0.4 is 11.2 Å². The summed E-state index contributed by atoms with van der Waals surface area (Å²) in [6, 6.07) is 0. The zero-order chi connectivity index (χ0) is 12.7. The van der Waals surface area contributed by atoms with Gasteiger partial charge in [0.1, 0.15) is 0 Å². The molecule has 0 saturated heterocycles. The van der Waals surface area contributed by atoms with Crippen LogP contribution >= 0.6 is 0 Å². The molecule has 2 heterocycles. The summed E-state index contributed by atoms with van der Waals surface area (Å²) in [4.78, 5) is 37.5. The topological polar surface area (TPSA) is 109 Å². The van der Waals surface area contributed by atoms with Gasteiger partial charge >= 0.3 is 11.7 Å². The maximum Gasteiger partial charge on any atom is 0.347 e. The monoisotopic (exact) mass is 238 g/mol. The number of carboxylic acid groups (broad SMARTS) is 1. The molecule has 90 valence electrons.